The number of nitrogens with one attached hydrogen (secondary N) is 1. The summed E-state index contributed by atoms with van der Waals surface area (Å²) in [4.78, 5) is 25.6. The molecule has 1 saturated heterocycles. The van der Waals surface area contributed by atoms with Crippen LogP contribution in [0.5, 0.6) is 0 Å². The molecule has 2 aliphatic rings. The molecule has 0 aromatic carbocycles. The summed E-state index contributed by atoms with van der Waals surface area (Å²) in [7, 11) is -2.98. The zero-order valence-electron chi connectivity index (χ0n) is 13.2. The molecule has 6 nitrogen and oxygen atoms in total. The second kappa shape index (κ2) is 7.44. The van der Waals surface area contributed by atoms with Crippen molar-refractivity contribution in [1.29, 1.82) is 0 Å². The summed E-state index contributed by atoms with van der Waals surface area (Å²) in [5.74, 6) is 0.0458. The van der Waals surface area contributed by atoms with Gasteiger partial charge < -0.3 is 10.2 Å². The molecular formula is C15H26N2O4S. The lowest BCUT2D eigenvalue weighted by atomic mass is 9.94. The Labute approximate surface area is 132 Å². The molecule has 0 bridgehead atoms. The average Bonchev–Trinajstić information content (AvgIpc) is 2.79. The molecule has 2 rings (SSSR count). The number of hydrogen-bond acceptors (Lipinski definition) is 4. The molecule has 0 aromatic rings. The van der Waals surface area contributed by atoms with Gasteiger partial charge in [0.15, 0.2) is 9.84 Å². The fourth-order valence-electron chi connectivity index (χ4n) is 3.42. The number of nitrogens with zero attached hydrogens (tertiary/aromatic N) is 1. The number of carbonyl (C=O) groups is 2. The van der Waals surface area contributed by atoms with E-state index in [0.717, 1.165) is 25.7 Å². The van der Waals surface area contributed by atoms with Crippen LogP contribution in [0.4, 0.5) is 0 Å². The predicted octanol–water partition coefficient (Wildman–Crippen LogP) is 0.861. The first-order valence-corrected chi connectivity index (χ1v) is 9.96. The Morgan fingerprint density at radius 2 is 1.82 bits per heavy atom. The Morgan fingerprint density at radius 3 is 2.36 bits per heavy atom. The maximum absolute atomic E-state index is 12.0. The van der Waals surface area contributed by atoms with Gasteiger partial charge in [0.25, 0.3) is 0 Å². The van der Waals surface area contributed by atoms with Gasteiger partial charge >= 0.3 is 0 Å². The zero-order chi connectivity index (χ0) is 16.2. The SMILES string of the molecule is CC(=O)N(CCC(=O)NC1CCS(=O)(=O)C1)C1CCCCC1. The van der Waals surface area contributed by atoms with Gasteiger partial charge in [-0.1, -0.05) is 19.3 Å². The van der Waals surface area contributed by atoms with Gasteiger partial charge in [0.05, 0.1) is 11.5 Å². The van der Waals surface area contributed by atoms with E-state index in [0.29, 0.717) is 13.0 Å². The molecule has 0 radical (unpaired) electrons. The van der Waals surface area contributed by atoms with Crippen LogP contribution in [0, 0.1) is 0 Å². The van der Waals surface area contributed by atoms with Gasteiger partial charge in [0.2, 0.25) is 11.8 Å². The highest BCUT2D eigenvalue weighted by molar-refractivity contribution is 7.91. The fraction of sp³-hybridized carbons (Fsp3) is 0.867. The number of sulfone groups is 1. The number of rotatable bonds is 5. The van der Waals surface area contributed by atoms with E-state index in [1.54, 1.807) is 6.92 Å². The van der Waals surface area contributed by atoms with Crippen molar-refractivity contribution in [3.05, 3.63) is 0 Å². The normalized spacial score (nSPS) is 24.9. The largest absolute Gasteiger partial charge is 0.352 e. The van der Waals surface area contributed by atoms with Crippen molar-refractivity contribution in [2.24, 2.45) is 0 Å². The lowest BCUT2D eigenvalue weighted by Gasteiger charge is -2.33. The van der Waals surface area contributed by atoms with E-state index in [-0.39, 0.29) is 41.8 Å². The van der Waals surface area contributed by atoms with Crippen LogP contribution in [-0.4, -0.2) is 55.3 Å². The maximum atomic E-state index is 12.0. The molecule has 126 valence electrons. The zero-order valence-corrected chi connectivity index (χ0v) is 14.0. The first-order chi connectivity index (χ1) is 10.4. The minimum atomic E-state index is -2.98. The first kappa shape index (κ1) is 17.2. The Balaban J connectivity index is 1.79. The number of hydrogen-bond donors (Lipinski definition) is 1. The molecule has 1 aliphatic carbocycles. The van der Waals surface area contributed by atoms with Crippen molar-refractivity contribution in [1.82, 2.24) is 10.2 Å². The molecule has 1 aliphatic heterocycles. The summed E-state index contributed by atoms with van der Waals surface area (Å²) in [5, 5.41) is 2.78. The minimum Gasteiger partial charge on any atom is -0.352 e. The standard InChI is InChI=1S/C15H26N2O4S/c1-12(18)17(14-5-3-2-4-6-14)9-7-15(19)16-13-8-10-22(20,21)11-13/h13-14H,2-11H2,1H3,(H,16,19). The van der Waals surface area contributed by atoms with Crippen LogP contribution >= 0.6 is 0 Å². The van der Waals surface area contributed by atoms with Gasteiger partial charge in [-0.2, -0.15) is 0 Å². The van der Waals surface area contributed by atoms with Crippen LogP contribution in [0.2, 0.25) is 0 Å². The van der Waals surface area contributed by atoms with Crippen LogP contribution in [0.15, 0.2) is 0 Å². The molecule has 1 heterocycles. The summed E-state index contributed by atoms with van der Waals surface area (Å²) in [6.07, 6.45) is 6.27. The van der Waals surface area contributed by atoms with Gasteiger partial charge in [-0.15, -0.1) is 0 Å². The molecule has 1 saturated carbocycles. The molecule has 2 amide bonds. The van der Waals surface area contributed by atoms with E-state index in [9.17, 15) is 18.0 Å². The maximum Gasteiger partial charge on any atom is 0.222 e. The summed E-state index contributed by atoms with van der Waals surface area (Å²) in [6.45, 7) is 1.97. The van der Waals surface area contributed by atoms with E-state index in [2.05, 4.69) is 5.32 Å². The summed E-state index contributed by atoms with van der Waals surface area (Å²) >= 11 is 0. The second-order valence-electron chi connectivity index (χ2n) is 6.42. The van der Waals surface area contributed by atoms with Gasteiger partial charge in [0, 0.05) is 32.0 Å². The summed E-state index contributed by atoms with van der Waals surface area (Å²) in [6, 6.07) is -0.0103. The molecule has 7 heteroatoms. The topological polar surface area (TPSA) is 83.6 Å². The molecule has 22 heavy (non-hydrogen) atoms. The van der Waals surface area contributed by atoms with Crippen LogP contribution < -0.4 is 5.32 Å². The van der Waals surface area contributed by atoms with Crippen molar-refractivity contribution in [3.63, 3.8) is 0 Å². The highest BCUT2D eigenvalue weighted by atomic mass is 32.2. The van der Waals surface area contributed by atoms with Crippen LogP contribution in [-0.2, 0) is 19.4 Å². The first-order valence-electron chi connectivity index (χ1n) is 8.14. The lowest BCUT2D eigenvalue weighted by Crippen LogP contribution is -2.43. The molecular weight excluding hydrogens is 304 g/mol. The molecule has 1 atom stereocenters. The third-order valence-electron chi connectivity index (χ3n) is 4.60. The summed E-state index contributed by atoms with van der Waals surface area (Å²) < 4.78 is 22.8. The van der Waals surface area contributed by atoms with Crippen molar-refractivity contribution in [3.8, 4) is 0 Å². The third kappa shape index (κ3) is 4.97. The van der Waals surface area contributed by atoms with E-state index < -0.39 is 9.84 Å². The van der Waals surface area contributed by atoms with E-state index in [1.807, 2.05) is 4.90 Å². The Morgan fingerprint density at radius 1 is 1.14 bits per heavy atom. The van der Waals surface area contributed by atoms with Crippen LogP contribution in [0.1, 0.15) is 51.9 Å². The summed E-state index contributed by atoms with van der Waals surface area (Å²) in [5.41, 5.74) is 0. The van der Waals surface area contributed by atoms with Crippen LogP contribution in [0.3, 0.4) is 0 Å². The molecule has 1 unspecified atom stereocenters. The van der Waals surface area contributed by atoms with Crippen molar-refractivity contribution < 1.29 is 18.0 Å². The van der Waals surface area contributed by atoms with Gasteiger partial charge in [-0.05, 0) is 19.3 Å². The van der Waals surface area contributed by atoms with Gasteiger partial charge in [-0.25, -0.2) is 8.42 Å². The Kier molecular flexibility index (Phi) is 5.83. The van der Waals surface area contributed by atoms with E-state index in [1.165, 1.54) is 6.42 Å². The van der Waals surface area contributed by atoms with Crippen LogP contribution in [0.25, 0.3) is 0 Å². The number of carbonyl (C=O) groups excluding carboxylic acids is 2. The smallest absolute Gasteiger partial charge is 0.222 e. The quantitative estimate of drug-likeness (QED) is 0.810. The molecule has 0 aromatic heterocycles. The third-order valence-corrected chi connectivity index (χ3v) is 6.37. The Hall–Kier alpha value is -1.11. The molecule has 1 N–H and O–H groups in total. The Bertz CT molecular complexity index is 512. The predicted molar refractivity (Wildman–Crippen MR) is 84.1 cm³/mol. The molecule has 2 fully saturated rings. The van der Waals surface area contributed by atoms with E-state index >= 15 is 0 Å². The van der Waals surface area contributed by atoms with Gasteiger partial charge in [0.1, 0.15) is 0 Å². The highest BCUT2D eigenvalue weighted by Gasteiger charge is 2.29. The van der Waals surface area contributed by atoms with E-state index in [4.69, 9.17) is 0 Å². The van der Waals surface area contributed by atoms with Crippen molar-refractivity contribution in [2.75, 3.05) is 18.1 Å². The molecule has 0 spiro atoms. The van der Waals surface area contributed by atoms with Gasteiger partial charge in [-0.3, -0.25) is 9.59 Å². The second-order valence-corrected chi connectivity index (χ2v) is 8.65. The highest BCUT2D eigenvalue weighted by Crippen LogP contribution is 2.23. The number of amides is 2. The van der Waals surface area contributed by atoms with Crippen molar-refractivity contribution >= 4 is 21.7 Å². The monoisotopic (exact) mass is 330 g/mol. The van der Waals surface area contributed by atoms with Crippen molar-refractivity contribution in [2.45, 2.75) is 64.0 Å². The average molecular weight is 330 g/mol. The fourth-order valence-corrected chi connectivity index (χ4v) is 5.09. The lowest BCUT2D eigenvalue weighted by molar-refractivity contribution is -0.132. The minimum absolute atomic E-state index is 0.0168.